The standard InChI is InChI=1S/C9H11NO4.C9H12O/c10-6(9(13)14)3-5-1-2-7(11)8(12)4-5;10-8-4-7-9-5-2-1-3-6-9/h1-2,4,6,11-12H,3,10H2,(H,13,14);1-3,5-6,10H,4,7-8H2. The number of aromatic hydroxyl groups is 2. The molecule has 2 aromatic carbocycles. The molecule has 1 unspecified atom stereocenters. The van der Waals surface area contributed by atoms with Crippen LogP contribution in [-0.4, -0.2) is 39.0 Å². The summed E-state index contributed by atoms with van der Waals surface area (Å²) in [5.74, 6) is -1.62. The minimum atomic E-state index is -1.10. The molecule has 2 rings (SSSR count). The lowest BCUT2D eigenvalue weighted by molar-refractivity contribution is -0.138. The molecule has 0 radical (unpaired) electrons. The summed E-state index contributed by atoms with van der Waals surface area (Å²) in [4.78, 5) is 10.4. The van der Waals surface area contributed by atoms with Crippen LogP contribution in [0.5, 0.6) is 11.5 Å². The molecule has 0 fully saturated rings. The third-order valence-electron chi connectivity index (χ3n) is 3.28. The van der Waals surface area contributed by atoms with Crippen LogP contribution in [0, 0.1) is 0 Å². The Morgan fingerprint density at radius 2 is 1.67 bits per heavy atom. The number of aliphatic hydroxyl groups excluding tert-OH is 1. The molecule has 6 heteroatoms. The Labute approximate surface area is 140 Å². The van der Waals surface area contributed by atoms with Gasteiger partial charge in [0.15, 0.2) is 11.5 Å². The number of aliphatic carboxylic acids is 1. The number of carbonyl (C=O) groups is 1. The van der Waals surface area contributed by atoms with Crippen LogP contribution in [0.15, 0.2) is 48.5 Å². The Morgan fingerprint density at radius 3 is 2.21 bits per heavy atom. The average molecular weight is 333 g/mol. The first-order valence-corrected chi connectivity index (χ1v) is 7.58. The predicted molar refractivity (Wildman–Crippen MR) is 90.9 cm³/mol. The van der Waals surface area contributed by atoms with Crippen LogP contribution < -0.4 is 5.73 Å². The molecule has 0 aliphatic rings. The highest BCUT2D eigenvalue weighted by molar-refractivity contribution is 5.73. The molecule has 0 aliphatic heterocycles. The molecule has 0 heterocycles. The van der Waals surface area contributed by atoms with Crippen LogP contribution in [0.1, 0.15) is 17.5 Å². The monoisotopic (exact) mass is 333 g/mol. The van der Waals surface area contributed by atoms with Crippen molar-refractivity contribution >= 4 is 5.97 Å². The van der Waals surface area contributed by atoms with Gasteiger partial charge in [-0.25, -0.2) is 0 Å². The first-order valence-electron chi connectivity index (χ1n) is 7.58. The highest BCUT2D eigenvalue weighted by atomic mass is 16.4. The van der Waals surface area contributed by atoms with E-state index in [1.807, 2.05) is 18.2 Å². The number of aryl methyl sites for hydroxylation is 1. The number of carboxylic acids is 1. The molecule has 6 N–H and O–H groups in total. The summed E-state index contributed by atoms with van der Waals surface area (Å²) in [6, 6.07) is 13.3. The lowest BCUT2D eigenvalue weighted by Crippen LogP contribution is -2.32. The summed E-state index contributed by atoms with van der Waals surface area (Å²) in [6.45, 7) is 0.287. The van der Waals surface area contributed by atoms with E-state index in [1.165, 1.54) is 23.8 Å². The van der Waals surface area contributed by atoms with E-state index in [-0.39, 0.29) is 24.5 Å². The number of hydrogen-bond acceptors (Lipinski definition) is 5. The van der Waals surface area contributed by atoms with Crippen LogP contribution in [0.4, 0.5) is 0 Å². The second-order valence-corrected chi connectivity index (χ2v) is 5.28. The van der Waals surface area contributed by atoms with Gasteiger partial charge in [-0.15, -0.1) is 0 Å². The Hall–Kier alpha value is -2.57. The van der Waals surface area contributed by atoms with Crippen molar-refractivity contribution in [3.05, 3.63) is 59.7 Å². The Balaban J connectivity index is 0.000000254. The fraction of sp³-hybridized carbons (Fsp3) is 0.278. The Bertz CT molecular complexity index is 631. The fourth-order valence-corrected chi connectivity index (χ4v) is 1.97. The van der Waals surface area contributed by atoms with E-state index in [4.69, 9.17) is 26.2 Å². The summed E-state index contributed by atoms with van der Waals surface area (Å²) in [5.41, 5.74) is 7.16. The fourth-order valence-electron chi connectivity index (χ4n) is 1.97. The molecule has 0 amide bonds. The molecule has 1 atom stereocenters. The van der Waals surface area contributed by atoms with Gasteiger partial charge in [-0.1, -0.05) is 36.4 Å². The summed E-state index contributed by atoms with van der Waals surface area (Å²) in [7, 11) is 0. The second-order valence-electron chi connectivity index (χ2n) is 5.28. The summed E-state index contributed by atoms with van der Waals surface area (Å²) >= 11 is 0. The number of phenols is 2. The van der Waals surface area contributed by atoms with Gasteiger partial charge in [-0.3, -0.25) is 4.79 Å². The summed E-state index contributed by atoms with van der Waals surface area (Å²) in [6.07, 6.45) is 1.96. The van der Waals surface area contributed by atoms with Crippen molar-refractivity contribution in [1.29, 1.82) is 0 Å². The molecule has 0 bridgehead atoms. The van der Waals surface area contributed by atoms with E-state index in [0.29, 0.717) is 5.56 Å². The van der Waals surface area contributed by atoms with Crippen molar-refractivity contribution in [1.82, 2.24) is 0 Å². The van der Waals surface area contributed by atoms with Gasteiger partial charge in [-0.2, -0.15) is 0 Å². The number of carboxylic acid groups (broad SMARTS) is 1. The van der Waals surface area contributed by atoms with Gasteiger partial charge in [0.25, 0.3) is 0 Å². The zero-order valence-corrected chi connectivity index (χ0v) is 13.3. The predicted octanol–water partition coefficient (Wildman–Crippen LogP) is 1.66. The molecule has 130 valence electrons. The van der Waals surface area contributed by atoms with Gasteiger partial charge in [0.2, 0.25) is 0 Å². The third-order valence-corrected chi connectivity index (χ3v) is 3.28. The molecular formula is C18H23NO5. The van der Waals surface area contributed by atoms with Crippen molar-refractivity contribution in [3.8, 4) is 11.5 Å². The SMILES string of the molecule is NC(Cc1ccc(O)c(O)c1)C(=O)O.OCCCc1ccccc1. The van der Waals surface area contributed by atoms with Gasteiger partial charge in [0, 0.05) is 6.61 Å². The quantitative estimate of drug-likeness (QED) is 0.512. The van der Waals surface area contributed by atoms with Crippen molar-refractivity contribution < 1.29 is 25.2 Å². The van der Waals surface area contributed by atoms with Crippen molar-refractivity contribution in [2.75, 3.05) is 6.61 Å². The van der Waals surface area contributed by atoms with Crippen LogP contribution >= 0.6 is 0 Å². The van der Waals surface area contributed by atoms with E-state index >= 15 is 0 Å². The molecule has 24 heavy (non-hydrogen) atoms. The number of nitrogens with two attached hydrogens (primary N) is 1. The van der Waals surface area contributed by atoms with Crippen molar-refractivity contribution in [2.45, 2.75) is 25.3 Å². The number of benzene rings is 2. The number of hydrogen-bond donors (Lipinski definition) is 5. The van der Waals surface area contributed by atoms with Crippen molar-refractivity contribution in [3.63, 3.8) is 0 Å². The maximum absolute atomic E-state index is 10.4. The molecule has 0 aliphatic carbocycles. The second kappa shape index (κ2) is 10.3. The Morgan fingerprint density at radius 1 is 1.00 bits per heavy atom. The molecule has 0 saturated carbocycles. The van der Waals surface area contributed by atoms with Gasteiger partial charge < -0.3 is 26.2 Å². The zero-order valence-electron chi connectivity index (χ0n) is 13.3. The van der Waals surface area contributed by atoms with Crippen LogP contribution in [0.3, 0.4) is 0 Å². The number of aliphatic hydroxyl groups is 1. The van der Waals surface area contributed by atoms with E-state index in [9.17, 15) is 4.79 Å². The number of rotatable bonds is 6. The van der Waals surface area contributed by atoms with Crippen LogP contribution in [-0.2, 0) is 17.6 Å². The van der Waals surface area contributed by atoms with E-state index in [1.54, 1.807) is 0 Å². The highest BCUT2D eigenvalue weighted by Gasteiger charge is 2.12. The van der Waals surface area contributed by atoms with Crippen LogP contribution in [0.2, 0.25) is 0 Å². The minimum absolute atomic E-state index is 0.114. The van der Waals surface area contributed by atoms with Gasteiger partial charge in [0.1, 0.15) is 6.04 Å². The van der Waals surface area contributed by atoms with Gasteiger partial charge >= 0.3 is 5.97 Å². The van der Waals surface area contributed by atoms with E-state index in [0.717, 1.165) is 12.8 Å². The van der Waals surface area contributed by atoms with Gasteiger partial charge in [-0.05, 0) is 42.5 Å². The van der Waals surface area contributed by atoms with Gasteiger partial charge in [0.05, 0.1) is 0 Å². The molecule has 0 aromatic heterocycles. The largest absolute Gasteiger partial charge is 0.504 e. The highest BCUT2D eigenvalue weighted by Crippen LogP contribution is 2.25. The third kappa shape index (κ3) is 7.13. The lowest BCUT2D eigenvalue weighted by Gasteiger charge is -2.06. The summed E-state index contributed by atoms with van der Waals surface area (Å²) in [5, 5.41) is 35.2. The Kier molecular flexibility index (Phi) is 8.32. The smallest absolute Gasteiger partial charge is 0.320 e. The van der Waals surface area contributed by atoms with Crippen LogP contribution in [0.25, 0.3) is 0 Å². The average Bonchev–Trinajstić information content (AvgIpc) is 2.57. The lowest BCUT2D eigenvalue weighted by atomic mass is 10.1. The summed E-state index contributed by atoms with van der Waals surface area (Å²) < 4.78 is 0. The van der Waals surface area contributed by atoms with Crippen molar-refractivity contribution in [2.24, 2.45) is 5.73 Å². The first kappa shape index (κ1) is 19.5. The molecule has 0 saturated heterocycles. The maximum Gasteiger partial charge on any atom is 0.320 e. The molecular weight excluding hydrogens is 310 g/mol. The first-order chi connectivity index (χ1) is 11.4. The normalized spacial score (nSPS) is 11.2. The molecule has 2 aromatic rings. The molecule has 6 nitrogen and oxygen atoms in total. The topological polar surface area (TPSA) is 124 Å². The molecule has 0 spiro atoms. The van der Waals surface area contributed by atoms with E-state index in [2.05, 4.69) is 12.1 Å². The number of phenolic OH excluding ortho intramolecular Hbond substituents is 2. The zero-order chi connectivity index (χ0) is 17.9. The van der Waals surface area contributed by atoms with E-state index < -0.39 is 12.0 Å². The minimum Gasteiger partial charge on any atom is -0.504 e. The maximum atomic E-state index is 10.4.